The monoisotopic (exact) mass is 290 g/mol. The number of alkyl halides is 3. The first kappa shape index (κ1) is 18.9. The van der Waals surface area contributed by atoms with Crippen LogP contribution in [0.4, 0.5) is 13.2 Å². The lowest BCUT2D eigenvalue weighted by atomic mass is 10.1. The molecule has 0 aromatic carbocycles. The number of halogens is 3. The molecule has 0 aromatic heterocycles. The maximum atomic E-state index is 11.9. The molecule has 0 spiro atoms. The van der Waals surface area contributed by atoms with Gasteiger partial charge in [0.2, 0.25) is 5.91 Å². The topological polar surface area (TPSA) is 95.5 Å². The van der Waals surface area contributed by atoms with Crippen molar-refractivity contribution in [2.45, 2.75) is 25.1 Å². The Morgan fingerprint density at radius 1 is 1.28 bits per heavy atom. The van der Waals surface area contributed by atoms with E-state index in [-0.39, 0.29) is 13.5 Å². The number of rotatable bonds is 5. The number of aliphatic carboxylic acids is 1. The van der Waals surface area contributed by atoms with Crippen molar-refractivity contribution in [3.8, 4) is 0 Å². The second-order valence-corrected chi connectivity index (χ2v) is 3.07. The van der Waals surface area contributed by atoms with Crippen LogP contribution in [-0.4, -0.2) is 42.2 Å². The molecule has 0 heterocycles. The third kappa shape index (κ3) is 6.99. The third-order valence-corrected chi connectivity index (χ3v) is 1.77. The summed E-state index contributed by atoms with van der Waals surface area (Å²) in [6.45, 7) is 0. The fraction of sp³-hybridized carbons (Fsp3) is 0.625. The maximum absolute atomic E-state index is 11.9. The smallest absolute Gasteiger partial charge is 0.471 e. The van der Waals surface area contributed by atoms with Gasteiger partial charge < -0.3 is 15.7 Å². The number of carboxylic acid groups (broad SMARTS) is 1. The van der Waals surface area contributed by atoms with E-state index in [1.807, 2.05) is 5.32 Å². The van der Waals surface area contributed by atoms with E-state index >= 15 is 0 Å². The summed E-state index contributed by atoms with van der Waals surface area (Å²) in [6, 6.07) is -1.52. The Bertz CT molecular complexity index is 322. The van der Waals surface area contributed by atoms with Gasteiger partial charge in [0.15, 0.2) is 0 Å². The van der Waals surface area contributed by atoms with Crippen LogP contribution < -0.4 is 10.6 Å². The molecule has 0 bridgehead atoms. The van der Waals surface area contributed by atoms with Gasteiger partial charge in [0.25, 0.3) is 0 Å². The minimum absolute atomic E-state index is 0. The average Bonchev–Trinajstić information content (AvgIpc) is 2.20. The van der Waals surface area contributed by atoms with E-state index in [0.29, 0.717) is 0 Å². The molecule has 2 amide bonds. The summed E-state index contributed by atoms with van der Waals surface area (Å²) in [4.78, 5) is 31.9. The highest BCUT2D eigenvalue weighted by Gasteiger charge is 2.40. The lowest BCUT2D eigenvalue weighted by molar-refractivity contribution is -0.174. The number of carboxylic acids is 1. The quantitative estimate of drug-likeness (QED) is 0.651. The van der Waals surface area contributed by atoms with Crippen molar-refractivity contribution in [1.29, 1.82) is 0 Å². The van der Waals surface area contributed by atoms with Crippen molar-refractivity contribution in [2.24, 2.45) is 0 Å². The van der Waals surface area contributed by atoms with Crippen LogP contribution in [0.25, 0.3) is 0 Å². The molecule has 1 atom stereocenters. The zero-order chi connectivity index (χ0) is 13.6. The van der Waals surface area contributed by atoms with E-state index in [9.17, 15) is 27.6 Å². The highest BCUT2D eigenvalue weighted by atomic mass is 32.1. The summed E-state index contributed by atoms with van der Waals surface area (Å²) in [7, 11) is 1.16. The van der Waals surface area contributed by atoms with Gasteiger partial charge in [-0.1, -0.05) is 0 Å². The molecule has 18 heavy (non-hydrogen) atoms. The Morgan fingerprint density at radius 2 is 1.78 bits per heavy atom. The number of nitrogens with one attached hydrogen (secondary N) is 2. The standard InChI is InChI=1S/C8H11F3N2O4.H2S/c1-12-6(16)4(2-3-5(14)15)13-7(17)8(9,10)11;/h4H,2-3H2,1H3,(H,12,16)(H,13,17)(H,14,15);1H2/t4-;/m0./s1. The van der Waals surface area contributed by atoms with Gasteiger partial charge in [-0.15, -0.1) is 0 Å². The van der Waals surface area contributed by atoms with Gasteiger partial charge in [-0.3, -0.25) is 14.4 Å². The molecule has 0 aliphatic carbocycles. The molecule has 0 aliphatic heterocycles. The highest BCUT2D eigenvalue weighted by molar-refractivity contribution is 7.59. The first-order chi connectivity index (χ1) is 7.68. The van der Waals surface area contributed by atoms with Crippen LogP contribution in [0.15, 0.2) is 0 Å². The van der Waals surface area contributed by atoms with Crippen molar-refractivity contribution in [1.82, 2.24) is 10.6 Å². The van der Waals surface area contributed by atoms with Crippen LogP contribution in [0.5, 0.6) is 0 Å². The Morgan fingerprint density at radius 3 is 2.11 bits per heavy atom. The van der Waals surface area contributed by atoms with Crippen LogP contribution in [-0.2, 0) is 14.4 Å². The molecule has 0 saturated carbocycles. The number of likely N-dealkylation sites (N-methyl/N-ethyl adjacent to an activating group) is 1. The van der Waals surface area contributed by atoms with Crippen LogP contribution in [0, 0.1) is 0 Å². The molecular formula is C8H13F3N2O4S. The van der Waals surface area contributed by atoms with Crippen LogP contribution >= 0.6 is 13.5 Å². The predicted molar refractivity (Wildman–Crippen MR) is 59.3 cm³/mol. The number of amides is 2. The summed E-state index contributed by atoms with van der Waals surface area (Å²) >= 11 is 0. The minimum atomic E-state index is -5.12. The van der Waals surface area contributed by atoms with Gasteiger partial charge in [-0.05, 0) is 6.42 Å². The van der Waals surface area contributed by atoms with E-state index in [1.54, 1.807) is 0 Å². The molecule has 6 nitrogen and oxygen atoms in total. The Balaban J connectivity index is 0. The largest absolute Gasteiger partial charge is 0.481 e. The molecule has 0 radical (unpaired) electrons. The van der Waals surface area contributed by atoms with E-state index in [4.69, 9.17) is 5.11 Å². The molecular weight excluding hydrogens is 277 g/mol. The molecule has 106 valence electrons. The van der Waals surface area contributed by atoms with Gasteiger partial charge in [-0.2, -0.15) is 26.7 Å². The molecule has 0 fully saturated rings. The summed E-state index contributed by atoms with van der Waals surface area (Å²) in [5.74, 6) is -4.44. The number of carbonyl (C=O) groups is 3. The number of hydrogen-bond donors (Lipinski definition) is 3. The fourth-order valence-electron chi connectivity index (χ4n) is 0.951. The summed E-state index contributed by atoms with van der Waals surface area (Å²) in [6.07, 6.45) is -6.07. The molecule has 10 heteroatoms. The van der Waals surface area contributed by atoms with Crippen molar-refractivity contribution in [2.75, 3.05) is 7.05 Å². The molecule has 3 N–H and O–H groups in total. The fourth-order valence-corrected chi connectivity index (χ4v) is 0.951. The Hall–Kier alpha value is -1.45. The van der Waals surface area contributed by atoms with Gasteiger partial charge in [0.05, 0.1) is 0 Å². The van der Waals surface area contributed by atoms with Crippen LogP contribution in [0.1, 0.15) is 12.8 Å². The van der Waals surface area contributed by atoms with Gasteiger partial charge in [0.1, 0.15) is 6.04 Å². The van der Waals surface area contributed by atoms with Gasteiger partial charge >= 0.3 is 18.1 Å². The molecule has 0 unspecified atom stereocenters. The van der Waals surface area contributed by atoms with E-state index in [2.05, 4.69) is 0 Å². The lowest BCUT2D eigenvalue weighted by Crippen LogP contribution is -2.50. The van der Waals surface area contributed by atoms with Gasteiger partial charge in [0, 0.05) is 13.5 Å². The highest BCUT2D eigenvalue weighted by Crippen LogP contribution is 2.15. The van der Waals surface area contributed by atoms with Crippen molar-refractivity contribution < 1.29 is 32.7 Å². The second kappa shape index (κ2) is 7.80. The second-order valence-electron chi connectivity index (χ2n) is 3.07. The lowest BCUT2D eigenvalue weighted by Gasteiger charge is -2.17. The van der Waals surface area contributed by atoms with E-state index < -0.39 is 42.8 Å². The van der Waals surface area contributed by atoms with E-state index in [0.717, 1.165) is 7.05 Å². The number of carbonyl (C=O) groups excluding carboxylic acids is 2. The first-order valence-electron chi connectivity index (χ1n) is 4.49. The zero-order valence-electron chi connectivity index (χ0n) is 9.30. The van der Waals surface area contributed by atoms with Crippen molar-refractivity contribution in [3.63, 3.8) is 0 Å². The normalized spacial score (nSPS) is 12.0. The SMILES string of the molecule is CNC(=O)[C@H](CCC(=O)O)NC(=O)C(F)(F)F.S. The minimum Gasteiger partial charge on any atom is -0.481 e. The molecule has 0 saturated heterocycles. The molecule has 0 rings (SSSR count). The van der Waals surface area contributed by atoms with Crippen LogP contribution in [0.2, 0.25) is 0 Å². The maximum Gasteiger partial charge on any atom is 0.471 e. The first-order valence-corrected chi connectivity index (χ1v) is 4.49. The molecule has 0 aromatic rings. The third-order valence-electron chi connectivity index (χ3n) is 1.77. The summed E-state index contributed by atoms with van der Waals surface area (Å²) in [5.41, 5.74) is 0. The average molecular weight is 290 g/mol. The Labute approximate surface area is 107 Å². The Kier molecular flexibility index (Phi) is 8.19. The van der Waals surface area contributed by atoms with Crippen molar-refractivity contribution >= 4 is 31.3 Å². The van der Waals surface area contributed by atoms with E-state index in [1.165, 1.54) is 5.32 Å². The van der Waals surface area contributed by atoms with Gasteiger partial charge in [-0.25, -0.2) is 0 Å². The van der Waals surface area contributed by atoms with Crippen LogP contribution in [0.3, 0.4) is 0 Å². The summed E-state index contributed by atoms with van der Waals surface area (Å²) in [5, 5.41) is 11.8. The van der Waals surface area contributed by atoms with Crippen molar-refractivity contribution in [3.05, 3.63) is 0 Å². The summed E-state index contributed by atoms with van der Waals surface area (Å²) < 4.78 is 35.7. The molecule has 0 aliphatic rings. The zero-order valence-corrected chi connectivity index (χ0v) is 10.3. The number of hydrogen-bond acceptors (Lipinski definition) is 3. The predicted octanol–water partition coefficient (Wildman–Crippen LogP) is -0.243.